The Bertz CT molecular complexity index is 1250. The van der Waals surface area contributed by atoms with Gasteiger partial charge in [-0.3, -0.25) is 14.6 Å². The van der Waals surface area contributed by atoms with Gasteiger partial charge in [-0.1, -0.05) is 10.4 Å². The molecule has 0 saturated carbocycles. The van der Waals surface area contributed by atoms with Gasteiger partial charge in [-0.05, 0) is 36.4 Å². The van der Waals surface area contributed by atoms with Gasteiger partial charge in [0.1, 0.15) is 12.3 Å². The molecule has 1 fully saturated rings. The van der Waals surface area contributed by atoms with E-state index in [4.69, 9.17) is 9.26 Å². The van der Waals surface area contributed by atoms with Gasteiger partial charge in [-0.15, -0.1) is 0 Å². The highest BCUT2D eigenvalue weighted by Gasteiger charge is 2.55. The topological polar surface area (TPSA) is 113 Å². The maximum atomic E-state index is 13.6. The number of carbonyl (C=O) groups is 2. The van der Waals surface area contributed by atoms with Gasteiger partial charge in [0.15, 0.2) is 23.7 Å². The molecule has 0 aliphatic carbocycles. The largest absolute Gasteiger partial charge is 0.497 e. The highest BCUT2D eigenvalue weighted by atomic mass is 19.2. The molecule has 5 rings (SSSR count). The molecule has 3 heterocycles. The molecule has 0 N–H and O–H groups in total. The second-order valence-corrected chi connectivity index (χ2v) is 7.04. The average Bonchev–Trinajstić information content (AvgIpc) is 3.49. The summed E-state index contributed by atoms with van der Waals surface area (Å²) in [5.41, 5.74) is 0.612. The molecule has 2 atom stereocenters. The van der Waals surface area contributed by atoms with E-state index in [0.717, 1.165) is 23.1 Å². The highest BCUT2D eigenvalue weighted by Crippen LogP contribution is 2.33. The predicted molar refractivity (Wildman–Crippen MR) is 103 cm³/mol. The molecule has 162 valence electrons. The van der Waals surface area contributed by atoms with E-state index in [2.05, 4.69) is 20.5 Å². The standard InChI is InChI=1S/C20H14F2N6O4/c1-31-12-5-2-10(3-6-12)18-23-15(32-25-18)9-27-17-16(24-26-27)19(29)28(20(17)30)11-4-7-13(21)14(22)8-11/h2-8,16-17H,9H2,1H3. The number of rotatable bonds is 5. The number of hydrogen-bond donors (Lipinski definition) is 0. The summed E-state index contributed by atoms with van der Waals surface area (Å²) in [5, 5.41) is 12.9. The van der Waals surface area contributed by atoms with Crippen molar-refractivity contribution in [3.8, 4) is 17.1 Å². The fourth-order valence-electron chi connectivity index (χ4n) is 3.55. The lowest BCUT2D eigenvalue weighted by molar-refractivity contribution is -0.123. The summed E-state index contributed by atoms with van der Waals surface area (Å²) in [7, 11) is 1.56. The molecule has 3 aromatic rings. The molecule has 1 saturated heterocycles. The smallest absolute Gasteiger partial charge is 0.263 e. The lowest BCUT2D eigenvalue weighted by Gasteiger charge is -2.19. The van der Waals surface area contributed by atoms with Crippen LogP contribution >= 0.6 is 0 Å². The van der Waals surface area contributed by atoms with Crippen molar-refractivity contribution in [3.63, 3.8) is 0 Å². The van der Waals surface area contributed by atoms with E-state index in [0.29, 0.717) is 17.1 Å². The van der Waals surface area contributed by atoms with Crippen molar-refractivity contribution in [2.45, 2.75) is 18.6 Å². The Morgan fingerprint density at radius 3 is 2.56 bits per heavy atom. The molecule has 2 unspecified atom stereocenters. The number of fused-ring (bicyclic) bond motifs is 1. The third-order valence-electron chi connectivity index (χ3n) is 5.13. The van der Waals surface area contributed by atoms with Crippen LogP contribution in [0.1, 0.15) is 5.89 Å². The first-order chi connectivity index (χ1) is 15.5. The van der Waals surface area contributed by atoms with Crippen LogP contribution in [0.25, 0.3) is 11.4 Å². The lowest BCUT2D eigenvalue weighted by Crippen LogP contribution is -2.39. The van der Waals surface area contributed by atoms with Gasteiger partial charge in [0.05, 0.1) is 12.8 Å². The molecule has 0 radical (unpaired) electrons. The van der Waals surface area contributed by atoms with E-state index in [1.54, 1.807) is 31.4 Å². The molecule has 1 aromatic heterocycles. The quantitative estimate of drug-likeness (QED) is 0.560. The summed E-state index contributed by atoms with van der Waals surface area (Å²) in [6.07, 6.45) is 0. The number of imide groups is 1. The molecular weight excluding hydrogens is 426 g/mol. The molecular formula is C20H14F2N6O4. The van der Waals surface area contributed by atoms with Crippen molar-refractivity contribution in [3.05, 3.63) is 60.0 Å². The first-order valence-corrected chi connectivity index (χ1v) is 9.43. The van der Waals surface area contributed by atoms with Gasteiger partial charge in [-0.2, -0.15) is 10.1 Å². The Hall–Kier alpha value is -4.22. The molecule has 0 bridgehead atoms. The Labute approximate surface area is 179 Å². The number of amides is 2. The van der Waals surface area contributed by atoms with Gasteiger partial charge >= 0.3 is 0 Å². The van der Waals surface area contributed by atoms with Crippen molar-refractivity contribution < 1.29 is 27.6 Å². The second-order valence-electron chi connectivity index (χ2n) is 7.04. The molecule has 0 spiro atoms. The van der Waals surface area contributed by atoms with Crippen LogP contribution in [0.3, 0.4) is 0 Å². The number of carbonyl (C=O) groups excluding carboxylic acids is 2. The second kappa shape index (κ2) is 7.48. The maximum Gasteiger partial charge on any atom is 0.263 e. The zero-order chi connectivity index (χ0) is 22.4. The van der Waals surface area contributed by atoms with Crippen LogP contribution in [0.15, 0.2) is 57.3 Å². The van der Waals surface area contributed by atoms with Gasteiger partial charge in [0, 0.05) is 11.6 Å². The third kappa shape index (κ3) is 3.16. The molecule has 2 aliphatic rings. The zero-order valence-electron chi connectivity index (χ0n) is 16.5. The third-order valence-corrected chi connectivity index (χ3v) is 5.13. The molecule has 2 aliphatic heterocycles. The number of aromatic nitrogens is 2. The lowest BCUT2D eigenvalue weighted by atomic mass is 10.1. The molecule has 12 heteroatoms. The number of nitrogens with zero attached hydrogens (tertiary/aromatic N) is 6. The number of halogens is 2. The fourth-order valence-corrected chi connectivity index (χ4v) is 3.55. The minimum Gasteiger partial charge on any atom is -0.497 e. The molecule has 2 aromatic carbocycles. The zero-order valence-corrected chi connectivity index (χ0v) is 16.5. The summed E-state index contributed by atoms with van der Waals surface area (Å²) < 4.78 is 37.2. The van der Waals surface area contributed by atoms with Gasteiger partial charge in [0.25, 0.3) is 11.8 Å². The van der Waals surface area contributed by atoms with Crippen molar-refractivity contribution in [2.75, 3.05) is 12.0 Å². The summed E-state index contributed by atoms with van der Waals surface area (Å²) >= 11 is 0. The first kappa shape index (κ1) is 19.7. The van der Waals surface area contributed by atoms with Crippen LogP contribution in [0, 0.1) is 11.6 Å². The minimum absolute atomic E-state index is 0.0710. The van der Waals surface area contributed by atoms with E-state index in [1.165, 1.54) is 5.01 Å². The van der Waals surface area contributed by atoms with Crippen molar-refractivity contribution in [1.29, 1.82) is 0 Å². The van der Waals surface area contributed by atoms with E-state index < -0.39 is 35.5 Å². The van der Waals surface area contributed by atoms with Crippen LogP contribution in [0.5, 0.6) is 5.75 Å². The summed E-state index contributed by atoms with van der Waals surface area (Å²) in [4.78, 5) is 30.7. The van der Waals surface area contributed by atoms with Gasteiger partial charge < -0.3 is 9.26 Å². The average molecular weight is 440 g/mol. The van der Waals surface area contributed by atoms with Crippen LogP contribution in [0.4, 0.5) is 14.5 Å². The van der Waals surface area contributed by atoms with Crippen LogP contribution in [-0.4, -0.2) is 46.2 Å². The van der Waals surface area contributed by atoms with E-state index >= 15 is 0 Å². The summed E-state index contributed by atoms with van der Waals surface area (Å²) in [6.45, 7) is -0.0710. The summed E-state index contributed by atoms with van der Waals surface area (Å²) in [5.74, 6) is -2.44. The molecule has 10 nitrogen and oxygen atoms in total. The SMILES string of the molecule is COc1ccc(-c2noc(CN3N=NC4C(=O)N(c5ccc(F)c(F)c5)C(=O)C43)n2)cc1. The van der Waals surface area contributed by atoms with Gasteiger partial charge in [0.2, 0.25) is 11.7 Å². The van der Waals surface area contributed by atoms with Crippen molar-refractivity contribution in [2.24, 2.45) is 10.3 Å². The normalized spacial score (nSPS) is 19.7. The van der Waals surface area contributed by atoms with Gasteiger partial charge in [-0.25, -0.2) is 13.7 Å². The number of hydrogen-bond acceptors (Lipinski definition) is 9. The predicted octanol–water partition coefficient (Wildman–Crippen LogP) is 2.52. The van der Waals surface area contributed by atoms with Crippen molar-refractivity contribution in [1.82, 2.24) is 15.1 Å². The van der Waals surface area contributed by atoms with Crippen LogP contribution < -0.4 is 9.64 Å². The van der Waals surface area contributed by atoms with Crippen LogP contribution in [0.2, 0.25) is 0 Å². The van der Waals surface area contributed by atoms with E-state index in [9.17, 15) is 18.4 Å². The Morgan fingerprint density at radius 2 is 1.84 bits per heavy atom. The maximum absolute atomic E-state index is 13.6. The first-order valence-electron chi connectivity index (χ1n) is 9.43. The Balaban J connectivity index is 1.35. The number of benzene rings is 2. The number of anilines is 1. The molecule has 2 amide bonds. The highest BCUT2D eigenvalue weighted by molar-refractivity contribution is 6.25. The monoisotopic (exact) mass is 440 g/mol. The fraction of sp³-hybridized carbons (Fsp3) is 0.200. The van der Waals surface area contributed by atoms with Crippen molar-refractivity contribution >= 4 is 17.5 Å². The number of ether oxygens (including phenoxy) is 1. The Morgan fingerprint density at radius 1 is 1.06 bits per heavy atom. The number of methoxy groups -OCH3 is 1. The van der Waals surface area contributed by atoms with Crippen LogP contribution in [-0.2, 0) is 16.1 Å². The summed E-state index contributed by atoms with van der Waals surface area (Å²) in [6, 6.07) is 7.66. The van der Waals surface area contributed by atoms with E-state index in [1.807, 2.05) is 0 Å². The Kier molecular flexibility index (Phi) is 4.61. The molecule has 32 heavy (non-hydrogen) atoms. The van der Waals surface area contributed by atoms with E-state index in [-0.39, 0.29) is 18.1 Å². The minimum atomic E-state index is -1.17.